The predicted molar refractivity (Wildman–Crippen MR) is 95.7 cm³/mol. The number of halogens is 1. The second kappa shape index (κ2) is 6.19. The van der Waals surface area contributed by atoms with Crippen LogP contribution in [0.3, 0.4) is 0 Å². The molecule has 2 bridgehead atoms. The van der Waals surface area contributed by atoms with Crippen molar-refractivity contribution in [3.63, 3.8) is 0 Å². The van der Waals surface area contributed by atoms with Gasteiger partial charge in [-0.2, -0.15) is 4.52 Å². The Morgan fingerprint density at radius 2 is 1.93 bits per heavy atom. The lowest BCUT2D eigenvalue weighted by Crippen LogP contribution is -2.71. The first-order valence-electron chi connectivity index (χ1n) is 8.90. The number of rotatable bonds is 3. The first-order valence-corrected chi connectivity index (χ1v) is 8.90. The highest BCUT2D eigenvalue weighted by atomic mass is 19.1. The number of hydrogen-bond donors (Lipinski definition) is 1. The highest BCUT2D eigenvalue weighted by molar-refractivity contribution is 5.76. The zero-order valence-corrected chi connectivity index (χ0v) is 14.5. The summed E-state index contributed by atoms with van der Waals surface area (Å²) < 4.78 is 14.6. The largest absolute Gasteiger partial charge is 0.351 e. The predicted octanol–water partition coefficient (Wildman–Crippen LogP) is 1.44. The van der Waals surface area contributed by atoms with Gasteiger partial charge in [0.2, 0.25) is 0 Å². The molecule has 0 saturated carbocycles. The second-order valence-corrected chi connectivity index (χ2v) is 6.97. The van der Waals surface area contributed by atoms with Gasteiger partial charge in [0, 0.05) is 19.6 Å². The van der Waals surface area contributed by atoms with E-state index >= 15 is 0 Å². The third kappa shape index (κ3) is 2.84. The maximum atomic E-state index is 13.0. The molecule has 2 unspecified atom stereocenters. The number of benzene rings is 1. The average molecular weight is 367 g/mol. The second-order valence-electron chi connectivity index (χ2n) is 6.97. The van der Waals surface area contributed by atoms with Gasteiger partial charge >= 0.3 is 6.03 Å². The molecule has 3 aliphatic heterocycles. The molecular weight excluding hydrogens is 349 g/mol. The molecule has 138 valence electrons. The molecule has 0 radical (unpaired) electrons. The first-order chi connectivity index (χ1) is 13.2. The number of carbonyl (C=O) groups is 1. The van der Waals surface area contributed by atoms with Gasteiger partial charge < -0.3 is 15.1 Å². The van der Waals surface area contributed by atoms with Crippen molar-refractivity contribution < 1.29 is 9.18 Å². The number of amides is 2. The summed E-state index contributed by atoms with van der Waals surface area (Å²) in [5, 5.41) is 15.3. The molecule has 9 heteroatoms. The number of nitrogens with one attached hydrogen (secondary N) is 1. The van der Waals surface area contributed by atoms with Crippen LogP contribution >= 0.6 is 0 Å². The molecule has 5 heterocycles. The normalized spacial score (nSPS) is 21.2. The van der Waals surface area contributed by atoms with Crippen molar-refractivity contribution in [3.05, 3.63) is 54.1 Å². The lowest BCUT2D eigenvalue weighted by atomic mass is 9.88. The monoisotopic (exact) mass is 367 g/mol. The number of carbonyl (C=O) groups excluding carboxylic acids is 1. The number of piperidine rings is 1. The fourth-order valence-electron chi connectivity index (χ4n) is 3.89. The van der Waals surface area contributed by atoms with Crippen molar-refractivity contribution in [2.45, 2.75) is 25.0 Å². The summed E-state index contributed by atoms with van der Waals surface area (Å²) in [6, 6.07) is 10.3. The van der Waals surface area contributed by atoms with Crippen LogP contribution in [-0.2, 0) is 6.54 Å². The van der Waals surface area contributed by atoms with Crippen LogP contribution in [0.25, 0.3) is 5.65 Å². The Hall–Kier alpha value is -3.23. The number of hydrogen-bond acceptors (Lipinski definition) is 5. The molecule has 27 heavy (non-hydrogen) atoms. The quantitative estimate of drug-likeness (QED) is 0.758. The van der Waals surface area contributed by atoms with Crippen molar-refractivity contribution in [3.8, 4) is 0 Å². The molecule has 2 aromatic heterocycles. The Morgan fingerprint density at radius 3 is 2.70 bits per heavy atom. The van der Waals surface area contributed by atoms with E-state index in [0.717, 1.165) is 30.9 Å². The number of anilines is 1. The number of nitrogens with zero attached hydrogens (tertiary/aromatic N) is 6. The Labute approximate surface area is 154 Å². The number of fused-ring (bicyclic) bond motifs is 3. The third-order valence-corrected chi connectivity index (χ3v) is 5.26. The van der Waals surface area contributed by atoms with E-state index in [2.05, 4.69) is 25.5 Å². The summed E-state index contributed by atoms with van der Waals surface area (Å²) in [4.78, 5) is 16.7. The molecule has 2 amide bonds. The zero-order valence-electron chi connectivity index (χ0n) is 14.5. The molecule has 8 nitrogen and oxygen atoms in total. The van der Waals surface area contributed by atoms with Crippen molar-refractivity contribution >= 4 is 17.5 Å². The fourth-order valence-corrected chi connectivity index (χ4v) is 3.89. The number of piperazine rings is 1. The van der Waals surface area contributed by atoms with Crippen LogP contribution in [0.1, 0.15) is 12.0 Å². The maximum Gasteiger partial charge on any atom is 0.318 e. The van der Waals surface area contributed by atoms with Gasteiger partial charge in [-0.05, 0) is 36.2 Å². The summed E-state index contributed by atoms with van der Waals surface area (Å²) >= 11 is 0. The molecule has 0 spiro atoms. The van der Waals surface area contributed by atoms with Gasteiger partial charge in [-0.3, -0.25) is 0 Å². The number of aromatic nitrogens is 4. The minimum atomic E-state index is -0.277. The lowest BCUT2D eigenvalue weighted by Gasteiger charge is -2.56. The minimum absolute atomic E-state index is 0.0672. The van der Waals surface area contributed by atoms with Crippen LogP contribution in [0.15, 0.2) is 42.7 Å². The summed E-state index contributed by atoms with van der Waals surface area (Å²) in [6.45, 7) is 1.90. The van der Waals surface area contributed by atoms with Crippen LogP contribution in [0.4, 0.5) is 15.0 Å². The number of urea groups is 1. The average Bonchev–Trinajstić information content (AvgIpc) is 3.15. The van der Waals surface area contributed by atoms with E-state index in [1.54, 1.807) is 23.0 Å². The summed E-state index contributed by atoms with van der Waals surface area (Å²) in [7, 11) is 0. The van der Waals surface area contributed by atoms with Gasteiger partial charge in [0.1, 0.15) is 18.0 Å². The highest BCUT2D eigenvalue weighted by Crippen LogP contribution is 2.34. The van der Waals surface area contributed by atoms with E-state index < -0.39 is 0 Å². The maximum absolute atomic E-state index is 13.0. The van der Waals surface area contributed by atoms with E-state index in [1.807, 2.05) is 17.0 Å². The van der Waals surface area contributed by atoms with Crippen LogP contribution < -0.4 is 10.2 Å². The van der Waals surface area contributed by atoms with Gasteiger partial charge in [0.05, 0.1) is 12.1 Å². The lowest BCUT2D eigenvalue weighted by molar-refractivity contribution is 0.0364. The molecule has 1 aromatic carbocycles. The van der Waals surface area contributed by atoms with Crippen molar-refractivity contribution in [1.29, 1.82) is 0 Å². The summed E-state index contributed by atoms with van der Waals surface area (Å²) in [5.41, 5.74) is 1.59. The van der Waals surface area contributed by atoms with Gasteiger partial charge in [-0.15, -0.1) is 15.3 Å². The van der Waals surface area contributed by atoms with E-state index in [9.17, 15) is 9.18 Å². The van der Waals surface area contributed by atoms with Crippen LogP contribution in [0.2, 0.25) is 0 Å². The Kier molecular flexibility index (Phi) is 3.66. The molecule has 1 N–H and O–H groups in total. The van der Waals surface area contributed by atoms with E-state index in [1.165, 1.54) is 12.1 Å². The van der Waals surface area contributed by atoms with E-state index in [4.69, 9.17) is 0 Å². The van der Waals surface area contributed by atoms with Crippen LogP contribution in [0.5, 0.6) is 0 Å². The van der Waals surface area contributed by atoms with Crippen LogP contribution in [-0.4, -0.2) is 55.9 Å². The van der Waals surface area contributed by atoms with Crippen molar-refractivity contribution in [2.24, 2.45) is 0 Å². The molecule has 3 saturated heterocycles. The smallest absolute Gasteiger partial charge is 0.318 e. The van der Waals surface area contributed by atoms with Crippen molar-refractivity contribution in [1.82, 2.24) is 30.0 Å². The van der Waals surface area contributed by atoms with Gasteiger partial charge in [-0.25, -0.2) is 9.18 Å². The Bertz CT molecular complexity index is 977. The van der Waals surface area contributed by atoms with Gasteiger partial charge in [-0.1, -0.05) is 12.1 Å². The molecule has 2 atom stereocenters. The molecule has 0 aliphatic carbocycles. The first kappa shape index (κ1) is 16.0. The van der Waals surface area contributed by atoms with E-state index in [-0.39, 0.29) is 23.9 Å². The minimum Gasteiger partial charge on any atom is -0.351 e. The van der Waals surface area contributed by atoms with Crippen molar-refractivity contribution in [2.75, 3.05) is 18.0 Å². The van der Waals surface area contributed by atoms with Crippen LogP contribution in [0, 0.1) is 5.82 Å². The summed E-state index contributed by atoms with van der Waals surface area (Å²) in [6.07, 6.45) is 2.59. The molecule has 3 aromatic rings. The Morgan fingerprint density at radius 1 is 1.15 bits per heavy atom. The van der Waals surface area contributed by atoms with Gasteiger partial charge in [0.25, 0.3) is 0 Å². The third-order valence-electron chi connectivity index (χ3n) is 5.26. The topological polar surface area (TPSA) is 78.7 Å². The standard InChI is InChI=1S/C18H18FN7O/c19-13-3-1-12(2-4-13)8-20-18(27)26-14-7-15(26)10-24(9-14)17-6-5-16-22-21-11-25(16)23-17/h1-6,11,14-15H,7-10H2,(H,20,27). The fraction of sp³-hybridized carbons (Fsp3) is 0.333. The van der Waals surface area contributed by atoms with E-state index in [0.29, 0.717) is 12.2 Å². The molecular formula is C18H18FN7O. The summed E-state index contributed by atoms with van der Waals surface area (Å²) in [5.74, 6) is 0.587. The SMILES string of the molecule is O=C(NCc1ccc(F)cc1)N1C2CC1CN(c1ccc3nncn3n1)C2. The molecule has 3 fully saturated rings. The highest BCUT2D eigenvalue weighted by Gasteiger charge is 2.47. The molecule has 3 aliphatic rings. The van der Waals surface area contributed by atoms with Gasteiger partial charge in [0.15, 0.2) is 5.65 Å². The Balaban J connectivity index is 1.22. The zero-order chi connectivity index (χ0) is 18.4. The molecule has 6 rings (SSSR count).